The molecule has 0 spiro atoms. The first-order chi connectivity index (χ1) is 8.67. The van der Waals surface area contributed by atoms with Crippen molar-refractivity contribution < 1.29 is 19.0 Å². The number of halogens is 1. The zero-order valence-corrected chi connectivity index (χ0v) is 10.2. The second-order valence-electron chi connectivity index (χ2n) is 4.43. The maximum atomic E-state index is 13.6. The zero-order valence-electron chi connectivity index (χ0n) is 10.2. The summed E-state index contributed by atoms with van der Waals surface area (Å²) >= 11 is 0. The van der Waals surface area contributed by atoms with Crippen LogP contribution in [0.25, 0.3) is 0 Å². The molecule has 0 radical (unpaired) electrons. The minimum atomic E-state index is -0.526. The smallest absolute Gasteiger partial charge is 0.155 e. The summed E-state index contributed by atoms with van der Waals surface area (Å²) in [5, 5.41) is 9.13. The van der Waals surface area contributed by atoms with Crippen LogP contribution in [0.4, 0.5) is 10.1 Å². The molecule has 2 atom stereocenters. The van der Waals surface area contributed by atoms with Crippen LogP contribution in [0.3, 0.4) is 0 Å². The van der Waals surface area contributed by atoms with Crippen molar-refractivity contribution in [3.8, 4) is 0 Å². The number of benzene rings is 1. The van der Waals surface area contributed by atoms with Crippen LogP contribution in [-0.4, -0.2) is 43.3 Å². The summed E-state index contributed by atoms with van der Waals surface area (Å²) in [5.74, 6) is -0.526. The van der Waals surface area contributed by atoms with E-state index < -0.39 is 5.82 Å². The van der Waals surface area contributed by atoms with Crippen molar-refractivity contribution >= 4 is 12.0 Å². The number of ether oxygens (including phenoxy) is 1. The summed E-state index contributed by atoms with van der Waals surface area (Å²) < 4.78 is 19.0. The Morgan fingerprint density at radius 3 is 3.06 bits per heavy atom. The first-order valence-corrected chi connectivity index (χ1v) is 5.90. The van der Waals surface area contributed by atoms with Crippen LogP contribution in [0.2, 0.25) is 0 Å². The van der Waals surface area contributed by atoms with Crippen molar-refractivity contribution in [2.45, 2.75) is 19.1 Å². The molecule has 0 saturated carbocycles. The summed E-state index contributed by atoms with van der Waals surface area (Å²) in [6.07, 6.45) is 0.227. The fourth-order valence-electron chi connectivity index (χ4n) is 2.16. The van der Waals surface area contributed by atoms with Gasteiger partial charge in [0.15, 0.2) is 6.29 Å². The van der Waals surface area contributed by atoms with E-state index in [2.05, 4.69) is 0 Å². The molecule has 0 aliphatic carbocycles. The minimum Gasteiger partial charge on any atom is -0.394 e. The number of carbonyl (C=O) groups excluding carboxylic acids is 1. The van der Waals surface area contributed by atoms with Gasteiger partial charge in [-0.1, -0.05) is 6.07 Å². The molecule has 1 saturated heterocycles. The lowest BCUT2D eigenvalue weighted by Crippen LogP contribution is -2.50. The highest BCUT2D eigenvalue weighted by Gasteiger charge is 2.27. The number of aldehydes is 1. The second kappa shape index (κ2) is 5.46. The normalized spacial score (nSPS) is 24.1. The third-order valence-corrected chi connectivity index (χ3v) is 3.17. The van der Waals surface area contributed by atoms with Crippen molar-refractivity contribution in [1.29, 1.82) is 0 Å². The van der Waals surface area contributed by atoms with Crippen molar-refractivity contribution in [2.24, 2.45) is 0 Å². The Kier molecular flexibility index (Phi) is 3.93. The van der Waals surface area contributed by atoms with E-state index in [1.54, 1.807) is 12.1 Å². The molecule has 1 heterocycles. The van der Waals surface area contributed by atoms with Gasteiger partial charge in [-0.05, 0) is 19.1 Å². The highest BCUT2D eigenvalue weighted by atomic mass is 19.1. The van der Waals surface area contributed by atoms with E-state index in [1.165, 1.54) is 6.07 Å². The van der Waals surface area contributed by atoms with Gasteiger partial charge in [-0.25, -0.2) is 4.39 Å². The standard InChI is InChI=1S/C13H16FNO3/c1-9-8-18-10(6-16)5-15(9)13-4-2-3-12(14)11(13)7-17/h2-4,7,9-10,16H,5-6,8H2,1H3. The Labute approximate surface area is 105 Å². The number of aliphatic hydroxyl groups excluding tert-OH is 1. The summed E-state index contributed by atoms with van der Waals surface area (Å²) in [7, 11) is 0. The summed E-state index contributed by atoms with van der Waals surface area (Å²) in [6, 6.07) is 4.59. The minimum absolute atomic E-state index is 0.0355. The number of carbonyl (C=O) groups is 1. The SMILES string of the molecule is CC1COC(CO)CN1c1cccc(F)c1C=O. The van der Waals surface area contributed by atoms with Crippen molar-refractivity contribution in [1.82, 2.24) is 0 Å². The van der Waals surface area contributed by atoms with Crippen LogP contribution >= 0.6 is 0 Å². The van der Waals surface area contributed by atoms with E-state index in [0.717, 1.165) is 0 Å². The van der Waals surface area contributed by atoms with Gasteiger partial charge in [-0.2, -0.15) is 0 Å². The van der Waals surface area contributed by atoms with Crippen LogP contribution < -0.4 is 4.90 Å². The predicted octanol–water partition coefficient (Wildman–Crippen LogP) is 1.22. The Morgan fingerprint density at radius 2 is 2.39 bits per heavy atom. The summed E-state index contributed by atoms with van der Waals surface area (Å²) in [5.41, 5.74) is 0.613. The van der Waals surface area contributed by atoms with Gasteiger partial charge in [0, 0.05) is 12.6 Å². The molecule has 0 bridgehead atoms. The molecular weight excluding hydrogens is 237 g/mol. The lowest BCUT2D eigenvalue weighted by Gasteiger charge is -2.39. The molecule has 5 heteroatoms. The number of anilines is 1. The number of morpholine rings is 1. The van der Waals surface area contributed by atoms with E-state index >= 15 is 0 Å². The Bertz CT molecular complexity index is 438. The Balaban J connectivity index is 2.34. The summed E-state index contributed by atoms with van der Waals surface area (Å²) in [4.78, 5) is 12.9. The van der Waals surface area contributed by atoms with Gasteiger partial charge in [-0.15, -0.1) is 0 Å². The van der Waals surface area contributed by atoms with Crippen molar-refractivity contribution in [3.63, 3.8) is 0 Å². The molecule has 2 rings (SSSR count). The van der Waals surface area contributed by atoms with Gasteiger partial charge >= 0.3 is 0 Å². The molecule has 1 aliphatic rings. The van der Waals surface area contributed by atoms with Gasteiger partial charge in [-0.3, -0.25) is 4.79 Å². The lowest BCUT2D eigenvalue weighted by molar-refractivity contribution is -0.0103. The van der Waals surface area contributed by atoms with Crippen LogP contribution in [0.1, 0.15) is 17.3 Å². The van der Waals surface area contributed by atoms with E-state index in [0.29, 0.717) is 25.1 Å². The van der Waals surface area contributed by atoms with Gasteiger partial charge in [0.2, 0.25) is 0 Å². The van der Waals surface area contributed by atoms with Gasteiger partial charge in [0.25, 0.3) is 0 Å². The molecular formula is C13H16FNO3. The highest BCUT2D eigenvalue weighted by molar-refractivity contribution is 5.85. The van der Waals surface area contributed by atoms with Crippen LogP contribution in [0.15, 0.2) is 18.2 Å². The molecule has 1 aliphatic heterocycles. The van der Waals surface area contributed by atoms with Crippen LogP contribution in [0.5, 0.6) is 0 Å². The van der Waals surface area contributed by atoms with E-state index in [-0.39, 0.29) is 24.3 Å². The Hall–Kier alpha value is -1.46. The maximum Gasteiger partial charge on any atom is 0.155 e. The molecule has 18 heavy (non-hydrogen) atoms. The number of nitrogens with zero attached hydrogens (tertiary/aromatic N) is 1. The molecule has 1 N–H and O–H groups in total. The first-order valence-electron chi connectivity index (χ1n) is 5.90. The fourth-order valence-corrected chi connectivity index (χ4v) is 2.16. The molecule has 1 aromatic rings. The number of hydrogen-bond acceptors (Lipinski definition) is 4. The fraction of sp³-hybridized carbons (Fsp3) is 0.462. The highest BCUT2D eigenvalue weighted by Crippen LogP contribution is 2.26. The van der Waals surface area contributed by atoms with E-state index in [4.69, 9.17) is 9.84 Å². The Morgan fingerprint density at radius 1 is 1.61 bits per heavy atom. The molecule has 1 aromatic carbocycles. The molecule has 0 amide bonds. The predicted molar refractivity (Wildman–Crippen MR) is 65.4 cm³/mol. The third-order valence-electron chi connectivity index (χ3n) is 3.17. The lowest BCUT2D eigenvalue weighted by atomic mass is 10.1. The third kappa shape index (κ3) is 2.37. The largest absolute Gasteiger partial charge is 0.394 e. The molecule has 2 unspecified atom stereocenters. The quantitative estimate of drug-likeness (QED) is 0.823. The topological polar surface area (TPSA) is 49.8 Å². The molecule has 0 aromatic heterocycles. The molecule has 98 valence electrons. The van der Waals surface area contributed by atoms with Crippen molar-refractivity contribution in [3.05, 3.63) is 29.6 Å². The van der Waals surface area contributed by atoms with E-state index in [1.807, 2.05) is 11.8 Å². The van der Waals surface area contributed by atoms with Crippen molar-refractivity contribution in [2.75, 3.05) is 24.7 Å². The van der Waals surface area contributed by atoms with Crippen LogP contribution in [-0.2, 0) is 4.74 Å². The van der Waals surface area contributed by atoms with Gasteiger partial charge in [0.1, 0.15) is 5.82 Å². The average molecular weight is 253 g/mol. The van der Waals surface area contributed by atoms with Crippen LogP contribution in [0, 0.1) is 5.82 Å². The van der Waals surface area contributed by atoms with Gasteiger partial charge < -0.3 is 14.7 Å². The van der Waals surface area contributed by atoms with Gasteiger partial charge in [0.05, 0.1) is 30.6 Å². The molecule has 1 fully saturated rings. The zero-order chi connectivity index (χ0) is 13.1. The second-order valence-corrected chi connectivity index (χ2v) is 4.43. The number of rotatable bonds is 3. The molecule has 4 nitrogen and oxygen atoms in total. The average Bonchev–Trinajstić information content (AvgIpc) is 2.39. The monoisotopic (exact) mass is 253 g/mol. The summed E-state index contributed by atoms with van der Waals surface area (Å²) in [6.45, 7) is 2.74. The number of hydrogen-bond donors (Lipinski definition) is 1. The maximum absolute atomic E-state index is 13.6. The van der Waals surface area contributed by atoms with E-state index in [9.17, 15) is 9.18 Å². The first kappa shape index (κ1) is 13.0. The number of aliphatic hydroxyl groups is 1.